The van der Waals surface area contributed by atoms with E-state index in [0.29, 0.717) is 37.5 Å². The van der Waals surface area contributed by atoms with Crippen LogP contribution in [0.1, 0.15) is 15.9 Å². The normalized spacial score (nSPS) is 13.9. The van der Waals surface area contributed by atoms with Crippen LogP contribution in [0.5, 0.6) is 5.75 Å². The zero-order valence-corrected chi connectivity index (χ0v) is 15.5. The van der Waals surface area contributed by atoms with Crippen molar-refractivity contribution in [1.82, 2.24) is 4.90 Å². The number of anilines is 1. The van der Waals surface area contributed by atoms with E-state index in [-0.39, 0.29) is 18.2 Å². The second-order valence-corrected chi connectivity index (χ2v) is 6.57. The summed E-state index contributed by atoms with van der Waals surface area (Å²) in [4.78, 5) is 37.4. The lowest BCUT2D eigenvalue weighted by Gasteiger charge is -2.36. The summed E-state index contributed by atoms with van der Waals surface area (Å²) in [5, 5.41) is 10.6. The third-order valence-corrected chi connectivity index (χ3v) is 4.79. The number of aryl methyl sites for hydroxylation is 1. The molecule has 0 spiro atoms. The second kappa shape index (κ2) is 8.51. The zero-order chi connectivity index (χ0) is 20.1. The minimum absolute atomic E-state index is 0.0220. The van der Waals surface area contributed by atoms with Crippen molar-refractivity contribution in [3.05, 3.63) is 63.7 Å². The number of benzene rings is 2. The van der Waals surface area contributed by atoms with Crippen LogP contribution < -0.4 is 9.64 Å². The quantitative estimate of drug-likeness (QED) is 0.432. The van der Waals surface area contributed by atoms with E-state index in [2.05, 4.69) is 4.90 Å². The van der Waals surface area contributed by atoms with Crippen molar-refractivity contribution < 1.29 is 19.2 Å². The minimum Gasteiger partial charge on any atom is -0.484 e. The molecule has 1 aliphatic heterocycles. The number of nitrogens with zero attached hydrogens (tertiary/aromatic N) is 3. The highest BCUT2D eigenvalue weighted by Gasteiger charge is 2.22. The summed E-state index contributed by atoms with van der Waals surface area (Å²) in [6.45, 7) is 4.35. The standard InChI is InChI=1S/C20H21N3O5/c1-15-12-18(3-2-16(15)13-24)21-8-10-22(11-9-21)20(25)14-28-19-6-4-17(5-7-19)23(26)27/h2-7,12-13H,8-11,14H2,1H3. The molecule has 0 N–H and O–H groups in total. The third-order valence-electron chi connectivity index (χ3n) is 4.79. The van der Waals surface area contributed by atoms with Gasteiger partial charge in [0.1, 0.15) is 12.0 Å². The van der Waals surface area contributed by atoms with E-state index in [1.54, 1.807) is 4.90 Å². The number of non-ortho nitro benzene ring substituents is 1. The first-order valence-corrected chi connectivity index (χ1v) is 8.94. The molecule has 28 heavy (non-hydrogen) atoms. The number of hydrogen-bond acceptors (Lipinski definition) is 6. The molecule has 0 aliphatic carbocycles. The molecule has 0 bridgehead atoms. The molecule has 146 valence electrons. The molecule has 2 aromatic rings. The highest BCUT2D eigenvalue weighted by Crippen LogP contribution is 2.20. The minimum atomic E-state index is -0.484. The molecule has 1 fully saturated rings. The number of nitro benzene ring substituents is 1. The Morgan fingerprint density at radius 2 is 1.82 bits per heavy atom. The summed E-state index contributed by atoms with van der Waals surface area (Å²) in [5.74, 6) is 0.300. The molecule has 1 heterocycles. The van der Waals surface area contributed by atoms with Crippen LogP contribution in [0.2, 0.25) is 0 Å². The highest BCUT2D eigenvalue weighted by atomic mass is 16.6. The topological polar surface area (TPSA) is 93.0 Å². The van der Waals surface area contributed by atoms with E-state index >= 15 is 0 Å². The van der Waals surface area contributed by atoms with Gasteiger partial charge in [-0.15, -0.1) is 0 Å². The first kappa shape index (κ1) is 19.3. The fourth-order valence-corrected chi connectivity index (χ4v) is 3.10. The molecule has 0 unspecified atom stereocenters. The van der Waals surface area contributed by atoms with Crippen LogP contribution in [0.15, 0.2) is 42.5 Å². The van der Waals surface area contributed by atoms with Crippen LogP contribution >= 0.6 is 0 Å². The van der Waals surface area contributed by atoms with E-state index in [1.165, 1.54) is 24.3 Å². The number of ether oxygens (including phenoxy) is 1. The van der Waals surface area contributed by atoms with Crippen molar-refractivity contribution in [1.29, 1.82) is 0 Å². The van der Waals surface area contributed by atoms with Gasteiger partial charge in [-0.3, -0.25) is 19.7 Å². The van der Waals surface area contributed by atoms with Crippen LogP contribution in [0, 0.1) is 17.0 Å². The fraction of sp³-hybridized carbons (Fsp3) is 0.300. The van der Waals surface area contributed by atoms with Gasteiger partial charge in [0.25, 0.3) is 11.6 Å². The zero-order valence-electron chi connectivity index (χ0n) is 15.5. The first-order chi connectivity index (χ1) is 13.5. The number of piperazine rings is 1. The summed E-state index contributed by atoms with van der Waals surface area (Å²) in [5.41, 5.74) is 2.63. The molecular weight excluding hydrogens is 362 g/mol. The molecule has 0 atom stereocenters. The maximum absolute atomic E-state index is 12.4. The number of carbonyl (C=O) groups is 2. The highest BCUT2D eigenvalue weighted by molar-refractivity contribution is 5.79. The second-order valence-electron chi connectivity index (χ2n) is 6.57. The maximum Gasteiger partial charge on any atom is 0.269 e. The van der Waals surface area contributed by atoms with Gasteiger partial charge >= 0.3 is 0 Å². The van der Waals surface area contributed by atoms with Gasteiger partial charge in [0, 0.05) is 49.6 Å². The molecule has 3 rings (SSSR count). The number of nitro groups is 1. The van der Waals surface area contributed by atoms with Gasteiger partial charge in [0.05, 0.1) is 4.92 Å². The molecular formula is C20H21N3O5. The summed E-state index contributed by atoms with van der Waals surface area (Å²) < 4.78 is 5.45. The van der Waals surface area contributed by atoms with Crippen molar-refractivity contribution >= 4 is 23.6 Å². The Morgan fingerprint density at radius 1 is 1.14 bits per heavy atom. The van der Waals surface area contributed by atoms with Gasteiger partial charge in [-0.05, 0) is 42.8 Å². The van der Waals surface area contributed by atoms with E-state index in [0.717, 1.165) is 17.5 Å². The van der Waals surface area contributed by atoms with E-state index < -0.39 is 4.92 Å². The van der Waals surface area contributed by atoms with Gasteiger partial charge in [0.15, 0.2) is 6.61 Å². The summed E-state index contributed by atoms with van der Waals surface area (Å²) in [6.07, 6.45) is 0.848. The van der Waals surface area contributed by atoms with E-state index in [1.807, 2.05) is 25.1 Å². The Bertz CT molecular complexity index is 874. The lowest BCUT2D eigenvalue weighted by Crippen LogP contribution is -2.50. The Labute approximate surface area is 162 Å². The number of rotatable bonds is 6. The molecule has 1 saturated heterocycles. The average Bonchev–Trinajstić information content (AvgIpc) is 2.72. The van der Waals surface area contributed by atoms with Crippen molar-refractivity contribution in [2.24, 2.45) is 0 Å². The van der Waals surface area contributed by atoms with Crippen molar-refractivity contribution in [3.8, 4) is 5.75 Å². The largest absolute Gasteiger partial charge is 0.484 e. The summed E-state index contributed by atoms with van der Waals surface area (Å²) in [6, 6.07) is 11.4. The number of amides is 1. The third kappa shape index (κ3) is 4.46. The van der Waals surface area contributed by atoms with Gasteiger partial charge in [0.2, 0.25) is 0 Å². The first-order valence-electron chi connectivity index (χ1n) is 8.94. The Balaban J connectivity index is 1.50. The smallest absolute Gasteiger partial charge is 0.269 e. The predicted molar refractivity (Wildman–Crippen MR) is 104 cm³/mol. The summed E-state index contributed by atoms with van der Waals surface area (Å²) >= 11 is 0. The van der Waals surface area contributed by atoms with Crippen LogP contribution in [0.25, 0.3) is 0 Å². The van der Waals surface area contributed by atoms with E-state index in [9.17, 15) is 19.7 Å². The lowest BCUT2D eigenvalue weighted by molar-refractivity contribution is -0.384. The SMILES string of the molecule is Cc1cc(N2CCN(C(=O)COc3ccc([N+](=O)[O-])cc3)CC2)ccc1C=O. The predicted octanol–water partition coefficient (Wildman–Crippen LogP) is 2.44. The lowest BCUT2D eigenvalue weighted by atomic mass is 10.1. The number of aldehydes is 1. The van der Waals surface area contributed by atoms with E-state index in [4.69, 9.17) is 4.74 Å². The molecule has 2 aromatic carbocycles. The summed E-state index contributed by atoms with van der Waals surface area (Å²) in [7, 11) is 0. The molecule has 0 aromatic heterocycles. The Hall–Kier alpha value is -3.42. The van der Waals surface area contributed by atoms with Gasteiger partial charge in [-0.25, -0.2) is 0 Å². The molecule has 0 saturated carbocycles. The van der Waals surface area contributed by atoms with Crippen LogP contribution in [0.3, 0.4) is 0 Å². The number of carbonyl (C=O) groups excluding carboxylic acids is 2. The molecule has 8 heteroatoms. The number of hydrogen-bond donors (Lipinski definition) is 0. The van der Waals surface area contributed by atoms with Crippen molar-refractivity contribution in [2.45, 2.75) is 6.92 Å². The van der Waals surface area contributed by atoms with Gasteiger partial charge < -0.3 is 14.5 Å². The monoisotopic (exact) mass is 383 g/mol. The van der Waals surface area contributed by atoms with Crippen LogP contribution in [-0.2, 0) is 4.79 Å². The maximum atomic E-state index is 12.4. The Morgan fingerprint density at radius 3 is 2.39 bits per heavy atom. The molecule has 0 radical (unpaired) electrons. The average molecular weight is 383 g/mol. The molecule has 1 aliphatic rings. The van der Waals surface area contributed by atoms with Crippen molar-refractivity contribution in [3.63, 3.8) is 0 Å². The van der Waals surface area contributed by atoms with Crippen LogP contribution in [-0.4, -0.2) is 54.8 Å². The van der Waals surface area contributed by atoms with Crippen LogP contribution in [0.4, 0.5) is 11.4 Å². The fourth-order valence-electron chi connectivity index (χ4n) is 3.10. The molecule has 8 nitrogen and oxygen atoms in total. The molecule has 1 amide bonds. The Kier molecular flexibility index (Phi) is 5.88. The van der Waals surface area contributed by atoms with Gasteiger partial charge in [-0.1, -0.05) is 0 Å². The van der Waals surface area contributed by atoms with Crippen molar-refractivity contribution in [2.75, 3.05) is 37.7 Å². The van der Waals surface area contributed by atoms with Gasteiger partial charge in [-0.2, -0.15) is 0 Å².